The number of aromatic amines is 1. The maximum atomic E-state index is 11.8. The Bertz CT molecular complexity index is 458. The van der Waals surface area contributed by atoms with E-state index in [2.05, 4.69) is 26.2 Å². The Kier molecular flexibility index (Phi) is 3.99. The normalized spacial score (nSPS) is 23.6. The van der Waals surface area contributed by atoms with Crippen molar-refractivity contribution in [2.24, 2.45) is 5.92 Å². The van der Waals surface area contributed by atoms with Crippen LogP contribution in [-0.4, -0.2) is 22.3 Å². The zero-order chi connectivity index (χ0) is 12.3. The van der Waals surface area contributed by atoms with E-state index < -0.39 is 0 Å². The second kappa shape index (κ2) is 5.49. The van der Waals surface area contributed by atoms with E-state index in [9.17, 15) is 9.59 Å². The van der Waals surface area contributed by atoms with Crippen LogP contribution in [0.1, 0.15) is 29.8 Å². The molecule has 1 amide bonds. The Morgan fingerprint density at radius 3 is 2.94 bits per heavy atom. The molecule has 1 aromatic rings. The van der Waals surface area contributed by atoms with Gasteiger partial charge in [-0.2, -0.15) is 0 Å². The number of hydrogen-bond donors (Lipinski definition) is 2. The fourth-order valence-electron chi connectivity index (χ4n) is 2.12. The third-order valence-corrected chi connectivity index (χ3v) is 4.31. The molecule has 1 heterocycles. The molecule has 17 heavy (non-hydrogen) atoms. The van der Waals surface area contributed by atoms with Gasteiger partial charge in [0.2, 0.25) is 5.56 Å². The van der Waals surface area contributed by atoms with Crippen molar-refractivity contribution in [3.05, 3.63) is 34.2 Å². The molecule has 0 radical (unpaired) electrons. The highest BCUT2D eigenvalue weighted by Gasteiger charge is 2.25. The van der Waals surface area contributed by atoms with E-state index in [1.807, 2.05) is 0 Å². The molecular formula is C12H15BrN2O2. The third-order valence-electron chi connectivity index (χ3n) is 3.10. The van der Waals surface area contributed by atoms with Gasteiger partial charge in [0.15, 0.2) is 0 Å². The number of aromatic nitrogens is 1. The van der Waals surface area contributed by atoms with E-state index in [-0.39, 0.29) is 11.5 Å². The number of carbonyl (C=O) groups is 1. The summed E-state index contributed by atoms with van der Waals surface area (Å²) >= 11 is 3.61. The van der Waals surface area contributed by atoms with E-state index >= 15 is 0 Å². The van der Waals surface area contributed by atoms with Gasteiger partial charge in [0.25, 0.3) is 5.91 Å². The van der Waals surface area contributed by atoms with Gasteiger partial charge in [-0.15, -0.1) is 0 Å². The van der Waals surface area contributed by atoms with Crippen LogP contribution in [-0.2, 0) is 0 Å². The van der Waals surface area contributed by atoms with Gasteiger partial charge in [0.1, 0.15) is 5.69 Å². The van der Waals surface area contributed by atoms with Crippen molar-refractivity contribution < 1.29 is 4.79 Å². The summed E-state index contributed by atoms with van der Waals surface area (Å²) in [6.07, 6.45) is 3.52. The van der Waals surface area contributed by atoms with E-state index in [0.29, 0.717) is 23.0 Å². The van der Waals surface area contributed by atoms with Gasteiger partial charge in [0, 0.05) is 17.4 Å². The van der Waals surface area contributed by atoms with E-state index in [4.69, 9.17) is 0 Å². The molecule has 1 aliphatic rings. The quantitative estimate of drug-likeness (QED) is 0.834. The number of halogens is 1. The van der Waals surface area contributed by atoms with Crippen molar-refractivity contribution in [1.82, 2.24) is 10.3 Å². The molecule has 0 spiro atoms. The lowest BCUT2D eigenvalue weighted by atomic mass is 10.1. The molecule has 92 valence electrons. The van der Waals surface area contributed by atoms with Crippen molar-refractivity contribution in [1.29, 1.82) is 0 Å². The molecule has 2 rings (SSSR count). The van der Waals surface area contributed by atoms with E-state index in [1.165, 1.54) is 18.9 Å². The van der Waals surface area contributed by atoms with Gasteiger partial charge in [0.05, 0.1) is 0 Å². The molecule has 0 saturated heterocycles. The average Bonchev–Trinajstić information content (AvgIpc) is 2.72. The van der Waals surface area contributed by atoms with E-state index in [1.54, 1.807) is 12.1 Å². The molecule has 0 bridgehead atoms. The Morgan fingerprint density at radius 2 is 2.29 bits per heavy atom. The molecule has 1 aromatic heterocycles. The maximum Gasteiger partial charge on any atom is 0.267 e. The first-order chi connectivity index (χ1) is 8.16. The summed E-state index contributed by atoms with van der Waals surface area (Å²) in [4.78, 5) is 25.8. The monoisotopic (exact) mass is 298 g/mol. The zero-order valence-corrected chi connectivity index (χ0v) is 11.0. The molecular weight excluding hydrogens is 284 g/mol. The number of alkyl halides is 1. The lowest BCUT2D eigenvalue weighted by Crippen LogP contribution is -2.32. The van der Waals surface area contributed by atoms with Crippen LogP contribution >= 0.6 is 15.9 Å². The molecule has 4 nitrogen and oxygen atoms in total. The second-order valence-corrected chi connectivity index (χ2v) is 5.52. The third kappa shape index (κ3) is 3.19. The van der Waals surface area contributed by atoms with Crippen molar-refractivity contribution in [2.75, 3.05) is 6.54 Å². The van der Waals surface area contributed by atoms with Gasteiger partial charge in [-0.1, -0.05) is 28.4 Å². The lowest BCUT2D eigenvalue weighted by molar-refractivity contribution is 0.0942. The predicted octanol–water partition coefficient (Wildman–Crippen LogP) is 1.67. The van der Waals surface area contributed by atoms with Gasteiger partial charge >= 0.3 is 0 Å². The largest absolute Gasteiger partial charge is 0.350 e. The maximum absolute atomic E-state index is 11.8. The molecule has 0 aromatic carbocycles. The fraction of sp³-hybridized carbons (Fsp3) is 0.500. The fourth-order valence-corrected chi connectivity index (χ4v) is 2.90. The summed E-state index contributed by atoms with van der Waals surface area (Å²) in [5.74, 6) is 0.281. The smallest absolute Gasteiger partial charge is 0.267 e. The van der Waals surface area contributed by atoms with Crippen LogP contribution in [0.4, 0.5) is 0 Å². The highest BCUT2D eigenvalue weighted by molar-refractivity contribution is 9.09. The molecule has 1 saturated carbocycles. The van der Waals surface area contributed by atoms with Gasteiger partial charge in [-0.05, 0) is 24.8 Å². The zero-order valence-electron chi connectivity index (χ0n) is 9.41. The molecule has 2 atom stereocenters. The minimum atomic E-state index is -0.253. The summed E-state index contributed by atoms with van der Waals surface area (Å²) in [6, 6.07) is 4.58. The van der Waals surface area contributed by atoms with Crippen molar-refractivity contribution in [3.63, 3.8) is 0 Å². The standard InChI is InChI=1S/C12H15BrN2O2/c13-9-4-1-3-8(9)7-14-12(17)10-5-2-6-11(16)15-10/h2,5-6,8-9H,1,3-4,7H2,(H,14,17)(H,15,16). The van der Waals surface area contributed by atoms with Crippen LogP contribution in [0, 0.1) is 5.92 Å². The minimum absolute atomic E-state index is 0.214. The summed E-state index contributed by atoms with van der Waals surface area (Å²) in [5, 5.41) is 2.86. The molecule has 1 fully saturated rings. The first-order valence-electron chi connectivity index (χ1n) is 5.78. The number of nitrogens with one attached hydrogen (secondary N) is 2. The summed E-state index contributed by atoms with van der Waals surface area (Å²) in [5.41, 5.74) is 0.0681. The predicted molar refractivity (Wildman–Crippen MR) is 69.5 cm³/mol. The number of H-pyrrole nitrogens is 1. The SMILES string of the molecule is O=C(NCC1CCCC1Br)c1cccc(=O)[nH]1. The Hall–Kier alpha value is -1.10. The Morgan fingerprint density at radius 1 is 1.47 bits per heavy atom. The van der Waals surface area contributed by atoms with Gasteiger partial charge in [-0.3, -0.25) is 9.59 Å². The molecule has 0 aliphatic heterocycles. The number of hydrogen-bond acceptors (Lipinski definition) is 2. The van der Waals surface area contributed by atoms with Crippen LogP contribution < -0.4 is 10.9 Å². The Balaban J connectivity index is 1.91. The molecule has 2 unspecified atom stereocenters. The van der Waals surface area contributed by atoms with Crippen LogP contribution in [0.5, 0.6) is 0 Å². The van der Waals surface area contributed by atoms with Crippen molar-refractivity contribution >= 4 is 21.8 Å². The van der Waals surface area contributed by atoms with Gasteiger partial charge in [-0.25, -0.2) is 0 Å². The first kappa shape index (κ1) is 12.4. The van der Waals surface area contributed by atoms with Crippen molar-refractivity contribution in [3.8, 4) is 0 Å². The second-order valence-electron chi connectivity index (χ2n) is 4.35. The number of pyridine rings is 1. The molecule has 1 aliphatic carbocycles. The topological polar surface area (TPSA) is 62.0 Å². The number of carbonyl (C=O) groups excluding carboxylic acids is 1. The first-order valence-corrected chi connectivity index (χ1v) is 6.70. The van der Waals surface area contributed by atoms with Crippen LogP contribution in [0.3, 0.4) is 0 Å². The van der Waals surface area contributed by atoms with Crippen LogP contribution in [0.2, 0.25) is 0 Å². The summed E-state index contributed by atoms with van der Waals surface area (Å²) < 4.78 is 0. The highest BCUT2D eigenvalue weighted by Crippen LogP contribution is 2.30. The average molecular weight is 299 g/mol. The molecule has 2 N–H and O–H groups in total. The number of rotatable bonds is 3. The van der Waals surface area contributed by atoms with Gasteiger partial charge < -0.3 is 10.3 Å². The highest BCUT2D eigenvalue weighted by atomic mass is 79.9. The van der Waals surface area contributed by atoms with Crippen LogP contribution in [0.25, 0.3) is 0 Å². The van der Waals surface area contributed by atoms with Crippen LogP contribution in [0.15, 0.2) is 23.0 Å². The Labute approximate surface area is 108 Å². The molecule has 5 heteroatoms. The summed E-state index contributed by atoms with van der Waals surface area (Å²) in [7, 11) is 0. The number of amides is 1. The van der Waals surface area contributed by atoms with Crippen molar-refractivity contribution in [2.45, 2.75) is 24.1 Å². The summed E-state index contributed by atoms with van der Waals surface area (Å²) in [6.45, 7) is 0.658. The van der Waals surface area contributed by atoms with E-state index in [0.717, 1.165) is 6.42 Å². The lowest BCUT2D eigenvalue weighted by Gasteiger charge is -2.14. The minimum Gasteiger partial charge on any atom is -0.350 e.